The summed E-state index contributed by atoms with van der Waals surface area (Å²) in [7, 11) is 0. The maximum Gasteiger partial charge on any atom is 0.0905 e. The van der Waals surface area contributed by atoms with Crippen molar-refractivity contribution in [3.05, 3.63) is 23.8 Å². The molecule has 4 rings (SSSR count). The predicted octanol–water partition coefficient (Wildman–Crippen LogP) is 2.38. The second kappa shape index (κ2) is 4.68. The van der Waals surface area contributed by atoms with Crippen LogP contribution in [0.25, 0.3) is 0 Å². The van der Waals surface area contributed by atoms with Gasteiger partial charge in [-0.25, -0.2) is 0 Å². The average Bonchev–Trinajstić information content (AvgIpc) is 2.77. The number of allylic oxidation sites excluding steroid dienone is 1. The van der Waals surface area contributed by atoms with Gasteiger partial charge in [0.05, 0.1) is 12.2 Å². The molecule has 122 valence electrons. The van der Waals surface area contributed by atoms with Crippen LogP contribution in [0.4, 0.5) is 0 Å². The van der Waals surface area contributed by atoms with Crippen molar-refractivity contribution in [3.8, 4) is 0 Å². The van der Waals surface area contributed by atoms with E-state index in [-0.39, 0.29) is 16.9 Å². The fraction of sp³-hybridized carbons (Fsp3) is 0.789. The number of fused-ring (bicyclic) bond motifs is 5. The molecular formula is C19H29NO2. The molecular weight excluding hydrogens is 274 g/mol. The van der Waals surface area contributed by atoms with Gasteiger partial charge in [0.2, 0.25) is 0 Å². The third-order valence-corrected chi connectivity index (χ3v) is 7.75. The third kappa shape index (κ3) is 1.79. The van der Waals surface area contributed by atoms with Gasteiger partial charge in [-0.3, -0.25) is 0 Å². The zero-order chi connectivity index (χ0) is 15.7. The first kappa shape index (κ1) is 14.9. The minimum atomic E-state index is -0.486. The topological polar surface area (TPSA) is 66.5 Å². The second-order valence-corrected chi connectivity index (χ2v) is 8.61. The number of nitrogens with two attached hydrogens (primary N) is 1. The normalized spacial score (nSPS) is 56.9. The zero-order valence-corrected chi connectivity index (χ0v) is 13.7. The van der Waals surface area contributed by atoms with E-state index in [0.29, 0.717) is 30.2 Å². The minimum Gasteiger partial charge on any atom is -0.392 e. The standard InChI is InChI=1S/C19H29NO2/c1-18-7-5-12(21)9-11(18)10-15(22)17-13-3-4-16(20)19(13,2)8-6-14(17)18/h5,7,9,12-17,21-22H,3-4,6,8,10,20H2,1-2H3/t12-,13-,14-,15-,16-,17-,18-,19-/m0/s1. The summed E-state index contributed by atoms with van der Waals surface area (Å²) in [5.41, 5.74) is 7.89. The van der Waals surface area contributed by atoms with E-state index in [1.54, 1.807) is 0 Å². The molecule has 22 heavy (non-hydrogen) atoms. The molecule has 0 spiro atoms. The van der Waals surface area contributed by atoms with E-state index >= 15 is 0 Å². The lowest BCUT2D eigenvalue weighted by Gasteiger charge is -2.58. The van der Waals surface area contributed by atoms with E-state index in [1.165, 1.54) is 12.0 Å². The highest BCUT2D eigenvalue weighted by atomic mass is 16.3. The summed E-state index contributed by atoms with van der Waals surface area (Å²) in [5, 5.41) is 20.8. The molecule has 8 atom stereocenters. The van der Waals surface area contributed by atoms with Crippen molar-refractivity contribution in [2.75, 3.05) is 0 Å². The predicted molar refractivity (Wildman–Crippen MR) is 87.0 cm³/mol. The first-order chi connectivity index (χ1) is 10.4. The maximum atomic E-state index is 10.9. The van der Waals surface area contributed by atoms with E-state index in [4.69, 9.17) is 5.73 Å². The van der Waals surface area contributed by atoms with Crippen molar-refractivity contribution >= 4 is 0 Å². The van der Waals surface area contributed by atoms with Crippen molar-refractivity contribution in [1.29, 1.82) is 0 Å². The molecule has 4 N–H and O–H groups in total. The molecule has 0 aromatic rings. The quantitative estimate of drug-likeness (QED) is 0.602. The van der Waals surface area contributed by atoms with Crippen molar-refractivity contribution in [2.45, 2.75) is 64.2 Å². The fourth-order valence-corrected chi connectivity index (χ4v) is 6.33. The molecule has 0 aromatic heterocycles. The highest BCUT2D eigenvalue weighted by Gasteiger charge is 2.60. The Morgan fingerprint density at radius 2 is 1.91 bits per heavy atom. The van der Waals surface area contributed by atoms with Gasteiger partial charge in [-0.1, -0.05) is 37.6 Å². The van der Waals surface area contributed by atoms with Crippen LogP contribution in [0.1, 0.15) is 46.0 Å². The molecule has 0 saturated heterocycles. The van der Waals surface area contributed by atoms with E-state index in [9.17, 15) is 10.2 Å². The summed E-state index contributed by atoms with van der Waals surface area (Å²) >= 11 is 0. The zero-order valence-electron chi connectivity index (χ0n) is 13.7. The Kier molecular flexibility index (Phi) is 3.18. The summed E-state index contributed by atoms with van der Waals surface area (Å²) in [4.78, 5) is 0. The van der Waals surface area contributed by atoms with Crippen LogP contribution in [0, 0.1) is 28.6 Å². The molecule has 0 aromatic carbocycles. The molecule has 0 unspecified atom stereocenters. The van der Waals surface area contributed by atoms with Gasteiger partial charge in [0.25, 0.3) is 0 Å². The summed E-state index contributed by atoms with van der Waals surface area (Å²) in [6, 6.07) is 0.291. The number of hydrogen-bond acceptors (Lipinski definition) is 3. The molecule has 0 bridgehead atoms. The molecule has 3 fully saturated rings. The van der Waals surface area contributed by atoms with E-state index < -0.39 is 6.10 Å². The Morgan fingerprint density at radius 3 is 2.68 bits per heavy atom. The van der Waals surface area contributed by atoms with Crippen LogP contribution in [0.5, 0.6) is 0 Å². The molecule has 0 aliphatic heterocycles. The van der Waals surface area contributed by atoms with Crippen LogP contribution in [0.15, 0.2) is 23.8 Å². The Morgan fingerprint density at radius 1 is 1.14 bits per heavy atom. The van der Waals surface area contributed by atoms with E-state index in [1.807, 2.05) is 12.2 Å². The first-order valence-corrected chi connectivity index (χ1v) is 8.88. The van der Waals surface area contributed by atoms with E-state index in [2.05, 4.69) is 19.9 Å². The van der Waals surface area contributed by atoms with Crippen molar-refractivity contribution < 1.29 is 10.2 Å². The largest absolute Gasteiger partial charge is 0.392 e. The van der Waals surface area contributed by atoms with Gasteiger partial charge in [0.15, 0.2) is 0 Å². The molecule has 4 aliphatic rings. The molecule has 0 radical (unpaired) electrons. The molecule has 0 amide bonds. The number of aliphatic hydroxyl groups excluding tert-OH is 2. The smallest absolute Gasteiger partial charge is 0.0905 e. The Labute approximate surface area is 133 Å². The van der Waals surface area contributed by atoms with Crippen LogP contribution in [0.2, 0.25) is 0 Å². The molecule has 3 heteroatoms. The van der Waals surface area contributed by atoms with Gasteiger partial charge in [-0.05, 0) is 55.3 Å². The van der Waals surface area contributed by atoms with Gasteiger partial charge in [0, 0.05) is 11.5 Å². The summed E-state index contributed by atoms with van der Waals surface area (Å²) in [6.45, 7) is 4.66. The van der Waals surface area contributed by atoms with Crippen molar-refractivity contribution in [2.24, 2.45) is 34.3 Å². The lowest BCUT2D eigenvalue weighted by atomic mass is 9.47. The van der Waals surface area contributed by atoms with Crippen LogP contribution in [0.3, 0.4) is 0 Å². The number of hydrogen-bond donors (Lipinski definition) is 3. The number of rotatable bonds is 0. The van der Waals surface area contributed by atoms with Crippen molar-refractivity contribution in [3.63, 3.8) is 0 Å². The molecule has 3 saturated carbocycles. The van der Waals surface area contributed by atoms with Crippen LogP contribution >= 0.6 is 0 Å². The average molecular weight is 303 g/mol. The van der Waals surface area contributed by atoms with Crippen molar-refractivity contribution in [1.82, 2.24) is 0 Å². The molecule has 3 nitrogen and oxygen atoms in total. The van der Waals surface area contributed by atoms with Gasteiger partial charge in [-0.15, -0.1) is 0 Å². The van der Waals surface area contributed by atoms with Crippen LogP contribution < -0.4 is 5.73 Å². The lowest BCUT2D eigenvalue weighted by molar-refractivity contribution is -0.0885. The summed E-state index contributed by atoms with van der Waals surface area (Å²) in [6.07, 6.45) is 10.6. The summed E-state index contributed by atoms with van der Waals surface area (Å²) in [5.74, 6) is 1.39. The fourth-order valence-electron chi connectivity index (χ4n) is 6.33. The second-order valence-electron chi connectivity index (χ2n) is 8.61. The lowest BCUT2D eigenvalue weighted by Crippen LogP contribution is -2.56. The van der Waals surface area contributed by atoms with Gasteiger partial charge >= 0.3 is 0 Å². The van der Waals surface area contributed by atoms with E-state index in [0.717, 1.165) is 19.3 Å². The minimum absolute atomic E-state index is 0.0111. The van der Waals surface area contributed by atoms with Gasteiger partial charge < -0.3 is 15.9 Å². The third-order valence-electron chi connectivity index (χ3n) is 7.75. The summed E-state index contributed by atoms with van der Waals surface area (Å²) < 4.78 is 0. The highest BCUT2D eigenvalue weighted by molar-refractivity contribution is 5.34. The Bertz CT molecular complexity index is 542. The van der Waals surface area contributed by atoms with Crippen LogP contribution in [-0.2, 0) is 0 Å². The molecule has 0 heterocycles. The van der Waals surface area contributed by atoms with Crippen LogP contribution in [-0.4, -0.2) is 28.5 Å². The van der Waals surface area contributed by atoms with Gasteiger partial charge in [-0.2, -0.15) is 0 Å². The monoisotopic (exact) mass is 303 g/mol. The Balaban J connectivity index is 1.74. The SMILES string of the molecule is C[C@]12CC[C@H]3[C@@H]([C@@H](O)CC4=C[C@@H](O)C=C[C@@]43C)[C@@H]1CC[C@@H]2N. The molecule has 4 aliphatic carbocycles. The Hall–Kier alpha value is -0.640. The maximum absolute atomic E-state index is 10.9. The number of aliphatic hydroxyl groups is 2. The highest BCUT2D eigenvalue weighted by Crippen LogP contribution is 2.64. The first-order valence-electron chi connectivity index (χ1n) is 8.88. The van der Waals surface area contributed by atoms with Gasteiger partial charge in [0.1, 0.15) is 0 Å².